The average molecular weight is 552 g/mol. The molecular formula is C28H27BrN2O3S. The molecule has 0 amide bonds. The summed E-state index contributed by atoms with van der Waals surface area (Å²) < 4.78 is 6.68. The first-order chi connectivity index (χ1) is 16.7. The second-order valence-electron chi connectivity index (χ2n) is 9.84. The van der Waals surface area contributed by atoms with E-state index in [1.54, 1.807) is 41.8 Å². The Hall–Kier alpha value is -2.95. The molecule has 0 saturated heterocycles. The summed E-state index contributed by atoms with van der Waals surface area (Å²) in [7, 11) is 0. The summed E-state index contributed by atoms with van der Waals surface area (Å²) in [4.78, 5) is 17.0. The van der Waals surface area contributed by atoms with Crippen LogP contribution in [0.5, 0.6) is 5.75 Å². The van der Waals surface area contributed by atoms with Crippen molar-refractivity contribution in [1.29, 1.82) is 5.26 Å². The average Bonchev–Trinajstić information content (AvgIpc) is 3.18. The number of aliphatic imine (C=N–C) groups is 1. The molecule has 0 spiro atoms. The number of carbonyl (C=O) groups is 1. The topological polar surface area (TPSA) is 82.7 Å². The van der Waals surface area contributed by atoms with Crippen molar-refractivity contribution in [3.05, 3.63) is 79.6 Å². The fourth-order valence-corrected chi connectivity index (χ4v) is 6.00. The number of hydrogen-bond donors (Lipinski definition) is 1. The van der Waals surface area contributed by atoms with Gasteiger partial charge in [0.25, 0.3) is 0 Å². The molecular weight excluding hydrogens is 524 g/mol. The quantitative estimate of drug-likeness (QED) is 0.321. The molecule has 0 unspecified atom stereocenters. The van der Waals surface area contributed by atoms with Gasteiger partial charge in [-0.15, -0.1) is 11.3 Å². The fourth-order valence-electron chi connectivity index (χ4n) is 4.27. The summed E-state index contributed by atoms with van der Waals surface area (Å²) in [5, 5.41) is 19.6. The minimum Gasteiger partial charge on any atom is -0.488 e. The van der Waals surface area contributed by atoms with E-state index in [0.29, 0.717) is 18.3 Å². The highest BCUT2D eigenvalue weighted by Gasteiger charge is 2.32. The Bertz CT molecular complexity index is 1310. The summed E-state index contributed by atoms with van der Waals surface area (Å²) in [5.41, 5.74) is 4.20. The van der Waals surface area contributed by atoms with Gasteiger partial charge in [-0.3, -0.25) is 0 Å². The number of rotatable bonds is 6. The Morgan fingerprint density at radius 2 is 2.03 bits per heavy atom. The van der Waals surface area contributed by atoms with Gasteiger partial charge < -0.3 is 9.84 Å². The van der Waals surface area contributed by atoms with E-state index < -0.39 is 5.97 Å². The van der Waals surface area contributed by atoms with Crippen LogP contribution in [0, 0.1) is 22.7 Å². The number of carboxylic acids is 1. The third kappa shape index (κ3) is 5.83. The minimum atomic E-state index is -0.948. The third-order valence-corrected chi connectivity index (χ3v) is 8.25. The van der Waals surface area contributed by atoms with Crippen molar-refractivity contribution in [2.75, 3.05) is 0 Å². The lowest BCUT2D eigenvalue weighted by Crippen LogP contribution is -2.26. The molecule has 1 aliphatic carbocycles. The van der Waals surface area contributed by atoms with Gasteiger partial charge in [-0.05, 0) is 93.5 Å². The first-order valence-electron chi connectivity index (χ1n) is 11.5. The molecule has 0 saturated carbocycles. The van der Waals surface area contributed by atoms with Crippen molar-refractivity contribution >= 4 is 44.5 Å². The van der Waals surface area contributed by atoms with Crippen molar-refractivity contribution in [2.45, 2.75) is 46.6 Å². The number of nitrogens with zero attached hydrogens (tertiary/aromatic N) is 2. The third-order valence-electron chi connectivity index (χ3n) is 6.47. The molecule has 4 rings (SSSR count). The molecule has 1 atom stereocenters. The Morgan fingerprint density at radius 3 is 2.66 bits per heavy atom. The van der Waals surface area contributed by atoms with Crippen LogP contribution in [0.15, 0.2) is 51.9 Å². The number of benzene rings is 2. The summed E-state index contributed by atoms with van der Waals surface area (Å²) in [5.74, 6) is 0.355. The first-order valence-corrected chi connectivity index (χ1v) is 13.1. The van der Waals surface area contributed by atoms with Gasteiger partial charge in [-0.2, -0.15) is 5.26 Å². The van der Waals surface area contributed by atoms with Gasteiger partial charge in [0.1, 0.15) is 23.4 Å². The van der Waals surface area contributed by atoms with E-state index in [-0.39, 0.29) is 11.0 Å². The van der Waals surface area contributed by atoms with Gasteiger partial charge in [0.05, 0.1) is 15.6 Å². The number of hydrogen-bond acceptors (Lipinski definition) is 5. The molecule has 0 bridgehead atoms. The highest BCUT2D eigenvalue weighted by molar-refractivity contribution is 9.10. The van der Waals surface area contributed by atoms with E-state index in [2.05, 4.69) is 47.8 Å². The molecule has 35 heavy (non-hydrogen) atoms. The second kappa shape index (κ2) is 10.3. The zero-order valence-electron chi connectivity index (χ0n) is 20.0. The normalized spacial score (nSPS) is 15.6. The Labute approximate surface area is 218 Å². The Morgan fingerprint density at radius 1 is 1.29 bits per heavy atom. The van der Waals surface area contributed by atoms with Crippen LogP contribution in [0.2, 0.25) is 0 Å². The van der Waals surface area contributed by atoms with Crippen molar-refractivity contribution in [1.82, 2.24) is 0 Å². The number of aromatic carboxylic acids is 1. The van der Waals surface area contributed by atoms with Crippen LogP contribution in [0.3, 0.4) is 0 Å². The van der Waals surface area contributed by atoms with Crippen molar-refractivity contribution in [3.8, 4) is 11.8 Å². The Kier molecular flexibility index (Phi) is 7.44. The van der Waals surface area contributed by atoms with Crippen LogP contribution in [0.25, 0.3) is 0 Å². The first kappa shape index (κ1) is 25.2. The van der Waals surface area contributed by atoms with E-state index >= 15 is 0 Å². The molecule has 0 radical (unpaired) electrons. The van der Waals surface area contributed by atoms with Crippen molar-refractivity contribution in [2.24, 2.45) is 16.3 Å². The molecule has 1 N–H and O–H groups in total. The van der Waals surface area contributed by atoms with Gasteiger partial charge in [0, 0.05) is 11.1 Å². The molecule has 7 heteroatoms. The number of fused-ring (bicyclic) bond motifs is 1. The zero-order valence-corrected chi connectivity index (χ0v) is 22.4. The Balaban J connectivity index is 1.46. The molecule has 3 aromatic rings. The maximum absolute atomic E-state index is 11.0. The number of nitriles is 1. The van der Waals surface area contributed by atoms with Gasteiger partial charge in [-0.1, -0.05) is 32.9 Å². The van der Waals surface area contributed by atoms with Gasteiger partial charge in [0.15, 0.2) is 0 Å². The van der Waals surface area contributed by atoms with Crippen LogP contribution in [-0.2, 0) is 19.4 Å². The lowest BCUT2D eigenvalue weighted by Gasteiger charge is -2.33. The highest BCUT2D eigenvalue weighted by atomic mass is 79.9. The van der Waals surface area contributed by atoms with Crippen LogP contribution in [0.1, 0.15) is 64.7 Å². The van der Waals surface area contributed by atoms with Crippen LogP contribution in [-0.4, -0.2) is 17.3 Å². The summed E-state index contributed by atoms with van der Waals surface area (Å²) in [6.07, 6.45) is 4.87. The van der Waals surface area contributed by atoms with Crippen molar-refractivity contribution < 1.29 is 14.6 Å². The predicted molar refractivity (Wildman–Crippen MR) is 143 cm³/mol. The number of carboxylic acid groups (broad SMARTS) is 1. The van der Waals surface area contributed by atoms with Crippen LogP contribution in [0.4, 0.5) is 5.00 Å². The summed E-state index contributed by atoms with van der Waals surface area (Å²) in [6.45, 7) is 7.20. The zero-order chi connectivity index (χ0) is 25.2. The molecule has 5 nitrogen and oxygen atoms in total. The smallest absolute Gasteiger partial charge is 0.335 e. The SMILES string of the molecule is CC(C)(C)[C@H]1CCc2c(sc(N=Cc3ccc(OCc4ccc(C(=O)O)cc4)c(Br)c3)c2C#N)C1. The van der Waals surface area contributed by atoms with Crippen LogP contribution >= 0.6 is 27.3 Å². The molecule has 2 aromatic carbocycles. The minimum absolute atomic E-state index is 0.249. The monoisotopic (exact) mass is 550 g/mol. The van der Waals surface area contributed by atoms with E-state index in [0.717, 1.165) is 45.4 Å². The maximum atomic E-state index is 11.0. The van der Waals surface area contributed by atoms with Gasteiger partial charge in [0.2, 0.25) is 0 Å². The summed E-state index contributed by atoms with van der Waals surface area (Å²) in [6, 6.07) is 14.7. The van der Waals surface area contributed by atoms with E-state index in [9.17, 15) is 10.1 Å². The standard InChI is InChI=1S/C28H27BrN2O3S/c1-28(2,3)20-9-10-21-22(14-30)26(35-25(21)13-20)31-15-18-6-11-24(23(29)12-18)34-16-17-4-7-19(8-5-17)27(32)33/h4-8,11-12,15,20H,9-10,13,16H2,1-3H3,(H,32,33)/t20-/m0/s1. The molecule has 0 aliphatic heterocycles. The molecule has 0 fully saturated rings. The summed E-state index contributed by atoms with van der Waals surface area (Å²) >= 11 is 5.21. The second-order valence-corrected chi connectivity index (χ2v) is 11.8. The van der Waals surface area contributed by atoms with E-state index in [1.807, 2.05) is 18.2 Å². The lowest BCUT2D eigenvalue weighted by molar-refractivity contribution is 0.0697. The highest BCUT2D eigenvalue weighted by Crippen LogP contribution is 2.44. The van der Waals surface area contributed by atoms with Crippen molar-refractivity contribution in [3.63, 3.8) is 0 Å². The molecule has 1 aromatic heterocycles. The largest absolute Gasteiger partial charge is 0.488 e. The number of thiophene rings is 1. The number of halogens is 1. The molecule has 1 aliphatic rings. The van der Waals surface area contributed by atoms with Crippen LogP contribution < -0.4 is 4.74 Å². The van der Waals surface area contributed by atoms with E-state index in [1.165, 1.54) is 10.4 Å². The number of ether oxygens (including phenoxy) is 1. The van der Waals surface area contributed by atoms with Gasteiger partial charge in [-0.25, -0.2) is 9.79 Å². The lowest BCUT2D eigenvalue weighted by atomic mass is 9.72. The molecule has 1 heterocycles. The fraction of sp³-hybridized carbons (Fsp3) is 0.321. The van der Waals surface area contributed by atoms with Gasteiger partial charge >= 0.3 is 5.97 Å². The van der Waals surface area contributed by atoms with E-state index in [4.69, 9.17) is 9.84 Å². The maximum Gasteiger partial charge on any atom is 0.335 e. The predicted octanol–water partition coefficient (Wildman–Crippen LogP) is 7.56. The molecule has 180 valence electrons.